The van der Waals surface area contributed by atoms with Gasteiger partial charge in [0, 0.05) is 30.5 Å². The van der Waals surface area contributed by atoms with E-state index >= 15 is 0 Å². The molecule has 1 aromatic heterocycles. The highest BCUT2D eigenvalue weighted by Gasteiger charge is 2.16. The van der Waals surface area contributed by atoms with Crippen LogP contribution in [0.4, 0.5) is 4.39 Å². The second-order valence-electron chi connectivity index (χ2n) is 5.92. The zero-order valence-corrected chi connectivity index (χ0v) is 13.0. The molecule has 1 heterocycles. The van der Waals surface area contributed by atoms with E-state index in [-0.39, 0.29) is 5.82 Å². The van der Waals surface area contributed by atoms with Gasteiger partial charge in [-0.3, -0.25) is 4.98 Å². The van der Waals surface area contributed by atoms with Crippen LogP contribution in [0.25, 0.3) is 5.57 Å². The minimum absolute atomic E-state index is 0.200. The van der Waals surface area contributed by atoms with Crippen molar-refractivity contribution in [3.05, 3.63) is 71.8 Å². The van der Waals surface area contributed by atoms with E-state index in [1.54, 1.807) is 12.4 Å². The predicted octanol–water partition coefficient (Wildman–Crippen LogP) is 3.48. The van der Waals surface area contributed by atoms with Crippen LogP contribution in [-0.2, 0) is 0 Å². The van der Waals surface area contributed by atoms with E-state index in [4.69, 9.17) is 0 Å². The maximum atomic E-state index is 13.0. The molecule has 1 aliphatic rings. The molecule has 1 aliphatic carbocycles. The van der Waals surface area contributed by atoms with Gasteiger partial charge in [0.1, 0.15) is 5.82 Å². The molecule has 0 saturated heterocycles. The van der Waals surface area contributed by atoms with Crippen LogP contribution in [0.5, 0.6) is 0 Å². The van der Waals surface area contributed by atoms with Crippen LogP contribution in [0.1, 0.15) is 36.5 Å². The molecule has 2 aromatic rings. The Morgan fingerprint density at radius 2 is 2.09 bits per heavy atom. The van der Waals surface area contributed by atoms with E-state index in [9.17, 15) is 9.50 Å². The molecule has 3 nitrogen and oxygen atoms in total. The first-order valence-electron chi connectivity index (χ1n) is 7.99. The lowest BCUT2D eigenvalue weighted by Crippen LogP contribution is -2.33. The van der Waals surface area contributed by atoms with E-state index in [2.05, 4.69) is 16.4 Å². The highest BCUT2D eigenvalue weighted by atomic mass is 19.1. The highest BCUT2D eigenvalue weighted by Crippen LogP contribution is 2.27. The van der Waals surface area contributed by atoms with Crippen LogP contribution in [0, 0.1) is 5.82 Å². The van der Waals surface area contributed by atoms with Crippen LogP contribution < -0.4 is 5.32 Å². The molecule has 2 unspecified atom stereocenters. The molecule has 0 aliphatic heterocycles. The summed E-state index contributed by atoms with van der Waals surface area (Å²) in [5, 5.41) is 13.6. The molecular formula is C19H21FN2O. The predicted molar refractivity (Wildman–Crippen MR) is 89.2 cm³/mol. The number of pyridine rings is 1. The largest absolute Gasteiger partial charge is 0.387 e. The molecule has 0 bridgehead atoms. The molecule has 0 radical (unpaired) electrons. The molecule has 3 rings (SSSR count). The van der Waals surface area contributed by atoms with Crippen LogP contribution in [-0.4, -0.2) is 22.7 Å². The maximum absolute atomic E-state index is 13.0. The van der Waals surface area contributed by atoms with Gasteiger partial charge in [-0.1, -0.05) is 24.3 Å². The Labute approximate surface area is 135 Å². The molecule has 1 aromatic carbocycles. The summed E-state index contributed by atoms with van der Waals surface area (Å²) < 4.78 is 13.0. The molecule has 0 saturated carbocycles. The van der Waals surface area contributed by atoms with E-state index in [1.807, 2.05) is 24.3 Å². The second-order valence-corrected chi connectivity index (χ2v) is 5.92. The maximum Gasteiger partial charge on any atom is 0.123 e. The number of hydrogen-bond acceptors (Lipinski definition) is 3. The summed E-state index contributed by atoms with van der Waals surface area (Å²) in [5.74, 6) is -0.200. The van der Waals surface area contributed by atoms with Crippen LogP contribution in [0.15, 0.2) is 54.9 Å². The van der Waals surface area contributed by atoms with Crippen molar-refractivity contribution in [2.24, 2.45) is 0 Å². The minimum Gasteiger partial charge on any atom is -0.387 e. The number of benzene rings is 1. The third kappa shape index (κ3) is 4.24. The molecule has 0 spiro atoms. The number of hydrogen-bond donors (Lipinski definition) is 2. The summed E-state index contributed by atoms with van der Waals surface area (Å²) in [6.07, 6.45) is 7.98. The Morgan fingerprint density at radius 3 is 2.74 bits per heavy atom. The SMILES string of the molecule is OC(CNC1CC=C(c2ccc(F)cc2)CC1)c1cccnc1. The molecule has 23 heavy (non-hydrogen) atoms. The Bertz CT molecular complexity index is 655. The zero-order valence-electron chi connectivity index (χ0n) is 13.0. The first kappa shape index (κ1) is 15.8. The average Bonchev–Trinajstić information content (AvgIpc) is 2.61. The number of rotatable bonds is 5. The number of allylic oxidation sites excluding steroid dienone is 1. The molecule has 120 valence electrons. The fourth-order valence-electron chi connectivity index (χ4n) is 2.91. The van der Waals surface area contributed by atoms with Gasteiger partial charge < -0.3 is 10.4 Å². The number of halogens is 1. The van der Waals surface area contributed by atoms with Crippen molar-refractivity contribution < 1.29 is 9.50 Å². The lowest BCUT2D eigenvalue weighted by molar-refractivity contribution is 0.168. The molecule has 2 N–H and O–H groups in total. The van der Waals surface area contributed by atoms with Gasteiger partial charge in [0.15, 0.2) is 0 Å². The molecule has 0 amide bonds. The Morgan fingerprint density at radius 1 is 1.26 bits per heavy atom. The van der Waals surface area contributed by atoms with Crippen molar-refractivity contribution in [3.8, 4) is 0 Å². The summed E-state index contributed by atoms with van der Waals surface area (Å²) in [7, 11) is 0. The lowest BCUT2D eigenvalue weighted by Gasteiger charge is -2.24. The van der Waals surface area contributed by atoms with Crippen LogP contribution >= 0.6 is 0 Å². The monoisotopic (exact) mass is 312 g/mol. The van der Waals surface area contributed by atoms with Gasteiger partial charge >= 0.3 is 0 Å². The van der Waals surface area contributed by atoms with Gasteiger partial charge in [-0.05, 0) is 48.6 Å². The molecule has 0 fully saturated rings. The normalized spacial score (nSPS) is 19.2. The summed E-state index contributed by atoms with van der Waals surface area (Å²) in [6, 6.07) is 10.8. The van der Waals surface area contributed by atoms with Gasteiger partial charge in [0.25, 0.3) is 0 Å². The third-order valence-electron chi connectivity index (χ3n) is 4.29. The van der Waals surface area contributed by atoms with Gasteiger partial charge in [0.2, 0.25) is 0 Å². The van der Waals surface area contributed by atoms with Crippen molar-refractivity contribution >= 4 is 5.57 Å². The quantitative estimate of drug-likeness (QED) is 0.888. The van der Waals surface area contributed by atoms with Crippen LogP contribution in [0.3, 0.4) is 0 Å². The second kappa shape index (κ2) is 7.49. The number of aromatic nitrogens is 1. The standard InChI is InChI=1S/C19H21FN2O/c20-17-7-3-14(4-8-17)15-5-9-18(10-6-15)22-13-19(23)16-2-1-11-21-12-16/h1-5,7-8,11-12,18-19,22-23H,6,9-10,13H2. The number of nitrogens with one attached hydrogen (secondary N) is 1. The van der Waals surface area contributed by atoms with Crippen molar-refractivity contribution in [1.82, 2.24) is 10.3 Å². The Balaban J connectivity index is 1.51. The highest BCUT2D eigenvalue weighted by molar-refractivity contribution is 5.66. The van der Waals surface area contributed by atoms with Crippen molar-refractivity contribution in [1.29, 1.82) is 0 Å². The third-order valence-corrected chi connectivity index (χ3v) is 4.29. The van der Waals surface area contributed by atoms with Gasteiger partial charge in [0.05, 0.1) is 6.10 Å². The molecule has 2 atom stereocenters. The van der Waals surface area contributed by atoms with E-state index in [1.165, 1.54) is 17.7 Å². The van der Waals surface area contributed by atoms with Crippen molar-refractivity contribution in [2.75, 3.05) is 6.54 Å². The first-order chi connectivity index (χ1) is 11.2. The minimum atomic E-state index is -0.536. The number of aliphatic hydroxyl groups excluding tert-OH is 1. The smallest absolute Gasteiger partial charge is 0.123 e. The Kier molecular flexibility index (Phi) is 5.16. The summed E-state index contributed by atoms with van der Waals surface area (Å²) in [4.78, 5) is 4.03. The van der Waals surface area contributed by atoms with Crippen molar-refractivity contribution in [2.45, 2.75) is 31.4 Å². The first-order valence-corrected chi connectivity index (χ1v) is 7.99. The molecule has 4 heteroatoms. The van der Waals surface area contributed by atoms with Crippen molar-refractivity contribution in [3.63, 3.8) is 0 Å². The summed E-state index contributed by atoms with van der Waals surface area (Å²) in [6.45, 7) is 0.524. The average molecular weight is 312 g/mol. The topological polar surface area (TPSA) is 45.1 Å². The molecular weight excluding hydrogens is 291 g/mol. The number of aliphatic hydroxyl groups is 1. The van der Waals surface area contributed by atoms with Gasteiger partial charge in [-0.2, -0.15) is 0 Å². The van der Waals surface area contributed by atoms with Crippen LogP contribution in [0.2, 0.25) is 0 Å². The van der Waals surface area contributed by atoms with E-state index in [0.717, 1.165) is 30.4 Å². The summed E-state index contributed by atoms with van der Waals surface area (Å²) in [5.41, 5.74) is 3.20. The van der Waals surface area contributed by atoms with Gasteiger partial charge in [-0.15, -0.1) is 0 Å². The number of nitrogens with zero attached hydrogens (tertiary/aromatic N) is 1. The van der Waals surface area contributed by atoms with Gasteiger partial charge in [-0.25, -0.2) is 4.39 Å². The lowest BCUT2D eigenvalue weighted by atomic mass is 9.90. The summed E-state index contributed by atoms with van der Waals surface area (Å²) >= 11 is 0. The zero-order chi connectivity index (χ0) is 16.1. The fraction of sp³-hybridized carbons (Fsp3) is 0.316. The van der Waals surface area contributed by atoms with E-state index in [0.29, 0.717) is 12.6 Å². The Hall–Kier alpha value is -2.04. The fourth-order valence-corrected chi connectivity index (χ4v) is 2.91. The van der Waals surface area contributed by atoms with E-state index < -0.39 is 6.10 Å².